The number of hydrogen-bond donors (Lipinski definition) is 1. The minimum atomic E-state index is 0.331. The van der Waals surface area contributed by atoms with Gasteiger partial charge in [0.05, 0.1) is 11.4 Å². The lowest BCUT2D eigenvalue weighted by Crippen LogP contribution is -2.43. The molecule has 1 aromatic rings. The molecule has 98 valence electrons. The molecule has 1 atom stereocenters. The van der Waals surface area contributed by atoms with Gasteiger partial charge in [-0.2, -0.15) is 0 Å². The smallest absolute Gasteiger partial charge is 0.231 e. The van der Waals surface area contributed by atoms with Crippen LogP contribution in [0.3, 0.4) is 0 Å². The van der Waals surface area contributed by atoms with Crippen molar-refractivity contribution < 1.29 is 9.47 Å². The molecule has 18 heavy (non-hydrogen) atoms. The summed E-state index contributed by atoms with van der Waals surface area (Å²) in [6.07, 6.45) is 0. The number of hydrogen-bond acceptors (Lipinski definition) is 4. The van der Waals surface area contributed by atoms with E-state index < -0.39 is 0 Å². The van der Waals surface area contributed by atoms with Crippen LogP contribution in [0.2, 0.25) is 0 Å². The SMILES string of the molecule is CC(C)CN1c2cc3c(cc2NCC1C)OCO3. The summed E-state index contributed by atoms with van der Waals surface area (Å²) in [6, 6.07) is 4.65. The quantitative estimate of drug-likeness (QED) is 0.872. The van der Waals surface area contributed by atoms with Crippen LogP contribution in [0.25, 0.3) is 0 Å². The molecule has 0 spiro atoms. The maximum atomic E-state index is 5.48. The molecular formula is C14H20N2O2. The monoisotopic (exact) mass is 248 g/mol. The average Bonchev–Trinajstić information content (AvgIpc) is 2.77. The van der Waals surface area contributed by atoms with Gasteiger partial charge in [0.2, 0.25) is 6.79 Å². The normalized spacial score (nSPS) is 20.9. The molecule has 0 fully saturated rings. The van der Waals surface area contributed by atoms with E-state index in [0.717, 1.165) is 30.3 Å². The Bertz CT molecular complexity index is 459. The topological polar surface area (TPSA) is 33.7 Å². The van der Waals surface area contributed by atoms with E-state index in [1.807, 2.05) is 0 Å². The van der Waals surface area contributed by atoms with Crippen molar-refractivity contribution in [3.05, 3.63) is 12.1 Å². The lowest BCUT2D eigenvalue weighted by atomic mass is 10.1. The van der Waals surface area contributed by atoms with Crippen molar-refractivity contribution in [2.24, 2.45) is 5.92 Å². The fourth-order valence-electron chi connectivity index (χ4n) is 2.59. The molecule has 0 aromatic heterocycles. The maximum Gasteiger partial charge on any atom is 0.231 e. The second-order valence-electron chi connectivity index (χ2n) is 5.50. The van der Waals surface area contributed by atoms with Crippen LogP contribution >= 0.6 is 0 Å². The Kier molecular flexibility index (Phi) is 2.73. The number of anilines is 2. The Hall–Kier alpha value is -1.58. The first-order chi connectivity index (χ1) is 8.65. The van der Waals surface area contributed by atoms with E-state index in [1.54, 1.807) is 0 Å². The summed E-state index contributed by atoms with van der Waals surface area (Å²) in [5, 5.41) is 3.47. The van der Waals surface area contributed by atoms with E-state index in [4.69, 9.17) is 9.47 Å². The number of benzene rings is 1. The van der Waals surface area contributed by atoms with E-state index in [0.29, 0.717) is 18.8 Å². The van der Waals surface area contributed by atoms with Crippen molar-refractivity contribution >= 4 is 11.4 Å². The first kappa shape index (κ1) is 11.5. The molecule has 1 unspecified atom stereocenters. The Morgan fingerprint density at radius 1 is 1.33 bits per heavy atom. The molecule has 2 aliphatic heterocycles. The summed E-state index contributed by atoms with van der Waals surface area (Å²) in [4.78, 5) is 2.46. The van der Waals surface area contributed by atoms with Crippen LogP contribution < -0.4 is 19.7 Å². The zero-order chi connectivity index (χ0) is 12.7. The van der Waals surface area contributed by atoms with Gasteiger partial charge in [-0.05, 0) is 12.8 Å². The largest absolute Gasteiger partial charge is 0.454 e. The highest BCUT2D eigenvalue weighted by atomic mass is 16.7. The van der Waals surface area contributed by atoms with Crippen LogP contribution in [0.1, 0.15) is 20.8 Å². The van der Waals surface area contributed by atoms with Gasteiger partial charge in [0.15, 0.2) is 11.5 Å². The van der Waals surface area contributed by atoms with E-state index in [9.17, 15) is 0 Å². The molecule has 0 saturated heterocycles. The number of ether oxygens (including phenoxy) is 2. The minimum Gasteiger partial charge on any atom is -0.454 e. The van der Waals surface area contributed by atoms with Crippen molar-refractivity contribution in [2.75, 3.05) is 30.1 Å². The van der Waals surface area contributed by atoms with Gasteiger partial charge in [-0.1, -0.05) is 13.8 Å². The zero-order valence-corrected chi connectivity index (χ0v) is 11.2. The van der Waals surface area contributed by atoms with Crippen LogP contribution in [-0.2, 0) is 0 Å². The van der Waals surface area contributed by atoms with Crippen molar-refractivity contribution in [3.8, 4) is 11.5 Å². The molecule has 0 bridgehead atoms. The summed E-state index contributed by atoms with van der Waals surface area (Å²) >= 11 is 0. The fourth-order valence-corrected chi connectivity index (χ4v) is 2.59. The van der Waals surface area contributed by atoms with Crippen molar-refractivity contribution in [2.45, 2.75) is 26.8 Å². The molecule has 0 saturated carbocycles. The number of nitrogens with one attached hydrogen (secondary N) is 1. The summed E-state index contributed by atoms with van der Waals surface area (Å²) in [7, 11) is 0. The van der Waals surface area contributed by atoms with Crippen LogP contribution in [0, 0.1) is 5.92 Å². The van der Waals surface area contributed by atoms with Crippen LogP contribution in [0.5, 0.6) is 11.5 Å². The van der Waals surface area contributed by atoms with E-state index in [-0.39, 0.29) is 0 Å². The highest BCUT2D eigenvalue weighted by molar-refractivity contribution is 5.77. The van der Waals surface area contributed by atoms with Gasteiger partial charge in [-0.25, -0.2) is 0 Å². The van der Waals surface area contributed by atoms with Crippen molar-refractivity contribution in [1.29, 1.82) is 0 Å². The van der Waals surface area contributed by atoms with Gasteiger partial charge in [-0.3, -0.25) is 0 Å². The third-order valence-electron chi connectivity index (χ3n) is 3.48. The second kappa shape index (κ2) is 4.26. The molecule has 1 aromatic carbocycles. The molecule has 0 aliphatic carbocycles. The van der Waals surface area contributed by atoms with Gasteiger partial charge < -0.3 is 19.7 Å². The zero-order valence-electron chi connectivity index (χ0n) is 11.2. The average molecular weight is 248 g/mol. The molecule has 0 amide bonds. The molecule has 2 heterocycles. The highest BCUT2D eigenvalue weighted by Gasteiger charge is 2.27. The van der Waals surface area contributed by atoms with Crippen LogP contribution in [0.15, 0.2) is 12.1 Å². The van der Waals surface area contributed by atoms with Gasteiger partial charge >= 0.3 is 0 Å². The Morgan fingerprint density at radius 3 is 2.78 bits per heavy atom. The predicted molar refractivity (Wildman–Crippen MR) is 72.7 cm³/mol. The summed E-state index contributed by atoms with van der Waals surface area (Å²) in [5.41, 5.74) is 2.38. The lowest BCUT2D eigenvalue weighted by Gasteiger charge is -2.38. The van der Waals surface area contributed by atoms with E-state index in [1.165, 1.54) is 5.69 Å². The van der Waals surface area contributed by atoms with Crippen molar-refractivity contribution in [3.63, 3.8) is 0 Å². The predicted octanol–water partition coefficient (Wildman–Crippen LogP) is 2.69. The van der Waals surface area contributed by atoms with Gasteiger partial charge in [0.25, 0.3) is 0 Å². The van der Waals surface area contributed by atoms with Crippen LogP contribution in [-0.4, -0.2) is 25.9 Å². The lowest BCUT2D eigenvalue weighted by molar-refractivity contribution is 0.174. The van der Waals surface area contributed by atoms with Gasteiger partial charge in [0.1, 0.15) is 0 Å². The number of rotatable bonds is 2. The Balaban J connectivity index is 1.99. The first-order valence-electron chi connectivity index (χ1n) is 6.59. The van der Waals surface area contributed by atoms with Crippen molar-refractivity contribution in [1.82, 2.24) is 0 Å². The minimum absolute atomic E-state index is 0.331. The fraction of sp³-hybridized carbons (Fsp3) is 0.571. The number of nitrogens with zero attached hydrogens (tertiary/aromatic N) is 1. The molecule has 0 radical (unpaired) electrons. The summed E-state index contributed by atoms with van der Waals surface area (Å²) in [5.74, 6) is 2.35. The van der Waals surface area contributed by atoms with Crippen LogP contribution in [0.4, 0.5) is 11.4 Å². The maximum absolute atomic E-state index is 5.48. The summed E-state index contributed by atoms with van der Waals surface area (Å²) in [6.45, 7) is 9.12. The van der Waals surface area contributed by atoms with Gasteiger partial charge in [0, 0.05) is 31.3 Å². The molecular weight excluding hydrogens is 228 g/mol. The molecule has 1 N–H and O–H groups in total. The highest BCUT2D eigenvalue weighted by Crippen LogP contribution is 2.43. The van der Waals surface area contributed by atoms with E-state index in [2.05, 4.69) is 43.1 Å². The molecule has 2 aliphatic rings. The molecule has 4 heteroatoms. The summed E-state index contributed by atoms with van der Waals surface area (Å²) < 4.78 is 10.9. The third kappa shape index (κ3) is 1.85. The molecule has 3 rings (SSSR count). The van der Waals surface area contributed by atoms with Gasteiger partial charge in [-0.15, -0.1) is 0 Å². The standard InChI is InChI=1S/C14H20N2O2/c1-9(2)7-16-10(3)6-15-11-4-13-14(5-12(11)16)18-8-17-13/h4-5,9-10,15H,6-8H2,1-3H3. The third-order valence-corrected chi connectivity index (χ3v) is 3.48. The second-order valence-corrected chi connectivity index (χ2v) is 5.50. The molecule has 4 nitrogen and oxygen atoms in total. The Morgan fingerprint density at radius 2 is 2.06 bits per heavy atom. The Labute approximate surface area is 108 Å². The first-order valence-corrected chi connectivity index (χ1v) is 6.59. The van der Waals surface area contributed by atoms with E-state index >= 15 is 0 Å². The number of fused-ring (bicyclic) bond motifs is 2.